The van der Waals surface area contributed by atoms with E-state index in [0.717, 1.165) is 16.0 Å². The molecule has 1 amide bonds. The van der Waals surface area contributed by atoms with E-state index in [4.69, 9.17) is 11.2 Å². The van der Waals surface area contributed by atoms with Crippen LogP contribution in [0, 0.1) is 17.8 Å². The zero-order chi connectivity index (χ0) is 16.3. The molecule has 0 saturated heterocycles. The maximum Gasteiger partial charge on any atom is 0.253 e. The minimum absolute atomic E-state index is 0.158. The van der Waals surface area contributed by atoms with Gasteiger partial charge in [-0.1, -0.05) is 38.0 Å². The molecule has 22 heavy (non-hydrogen) atoms. The Hall–Kier alpha value is -2.06. The van der Waals surface area contributed by atoms with E-state index in [1.54, 1.807) is 0 Å². The average Bonchev–Trinajstić information content (AvgIpc) is 2.76. The Balaban J connectivity index is 2.63. The van der Waals surface area contributed by atoms with Crippen LogP contribution in [0.15, 0.2) is 23.2 Å². The third kappa shape index (κ3) is 3.40. The van der Waals surface area contributed by atoms with Crippen LogP contribution in [0.4, 0.5) is 0 Å². The normalized spacial score (nSPS) is 12.4. The number of carbonyl (C=O) groups excluding carboxylic acids is 1. The molecule has 0 fully saturated rings. The van der Waals surface area contributed by atoms with E-state index in [1.807, 2.05) is 50.5 Å². The van der Waals surface area contributed by atoms with Crippen molar-refractivity contribution in [2.45, 2.75) is 34.2 Å². The third-order valence-corrected chi connectivity index (χ3v) is 4.09. The number of amides is 1. The van der Waals surface area contributed by atoms with Crippen molar-refractivity contribution in [1.82, 2.24) is 4.57 Å². The summed E-state index contributed by atoms with van der Waals surface area (Å²) in [7, 11) is 0. The Morgan fingerprint density at radius 1 is 1.45 bits per heavy atom. The smallest absolute Gasteiger partial charge is 0.253 e. The number of carbonyl (C=O) groups is 1. The zero-order valence-electron chi connectivity index (χ0n) is 13.3. The van der Waals surface area contributed by atoms with Crippen molar-refractivity contribution in [3.05, 3.63) is 23.0 Å². The first kappa shape index (κ1) is 16.3. The monoisotopic (exact) mass is 316 g/mol. The minimum atomic E-state index is -0.513. The van der Waals surface area contributed by atoms with E-state index in [-0.39, 0.29) is 5.91 Å². The van der Waals surface area contributed by atoms with Gasteiger partial charge in [0.05, 0.1) is 23.4 Å². The molecule has 116 valence electrons. The van der Waals surface area contributed by atoms with Crippen LogP contribution in [-0.4, -0.2) is 17.1 Å². The number of thiazole rings is 1. The molecule has 1 aromatic heterocycles. The lowest BCUT2D eigenvalue weighted by atomic mass is 9.96. The van der Waals surface area contributed by atoms with Gasteiger partial charge >= 0.3 is 0 Å². The Labute approximate surface area is 134 Å². The van der Waals surface area contributed by atoms with Gasteiger partial charge in [0, 0.05) is 5.41 Å². The van der Waals surface area contributed by atoms with E-state index < -0.39 is 5.41 Å². The molecule has 1 aromatic carbocycles. The molecule has 4 nitrogen and oxygen atoms in total. The molecular weight excluding hydrogens is 296 g/mol. The largest absolute Gasteiger partial charge is 0.494 e. The summed E-state index contributed by atoms with van der Waals surface area (Å²) in [6.45, 7) is 8.49. The highest BCUT2D eigenvalue weighted by Gasteiger charge is 2.21. The number of ether oxygens (including phenoxy) is 1. The third-order valence-electron chi connectivity index (χ3n) is 3.05. The molecule has 0 spiro atoms. The van der Waals surface area contributed by atoms with Crippen molar-refractivity contribution in [1.29, 1.82) is 0 Å². The summed E-state index contributed by atoms with van der Waals surface area (Å²) in [6, 6.07) is 5.81. The second-order valence-electron chi connectivity index (χ2n) is 5.90. The summed E-state index contributed by atoms with van der Waals surface area (Å²) in [5.41, 5.74) is 0.451. The van der Waals surface area contributed by atoms with E-state index in [1.165, 1.54) is 11.3 Å². The first-order chi connectivity index (χ1) is 10.4. The number of benzene rings is 1. The zero-order valence-corrected chi connectivity index (χ0v) is 14.2. The molecule has 0 radical (unpaired) electrons. The van der Waals surface area contributed by atoms with Gasteiger partial charge in [-0.25, -0.2) is 0 Å². The molecule has 5 heteroatoms. The van der Waals surface area contributed by atoms with Crippen LogP contribution in [0.5, 0.6) is 5.75 Å². The Bertz CT molecular complexity index is 801. The predicted molar refractivity (Wildman–Crippen MR) is 89.8 cm³/mol. The fourth-order valence-corrected chi connectivity index (χ4v) is 2.95. The number of fused-ring (bicyclic) bond motifs is 1. The average molecular weight is 316 g/mol. The Kier molecular flexibility index (Phi) is 4.72. The maximum atomic E-state index is 12.2. The van der Waals surface area contributed by atoms with E-state index >= 15 is 0 Å². The van der Waals surface area contributed by atoms with Crippen LogP contribution >= 0.6 is 11.3 Å². The lowest BCUT2D eigenvalue weighted by molar-refractivity contribution is -0.125. The Morgan fingerprint density at radius 2 is 2.18 bits per heavy atom. The van der Waals surface area contributed by atoms with E-state index in [2.05, 4.69) is 10.9 Å². The quantitative estimate of drug-likeness (QED) is 0.816. The van der Waals surface area contributed by atoms with Crippen LogP contribution in [0.25, 0.3) is 10.2 Å². The molecule has 0 unspecified atom stereocenters. The number of terminal acetylenes is 1. The van der Waals surface area contributed by atoms with Crippen molar-refractivity contribution in [2.24, 2.45) is 10.4 Å². The van der Waals surface area contributed by atoms with Crippen molar-refractivity contribution in [3.8, 4) is 18.1 Å². The summed E-state index contributed by atoms with van der Waals surface area (Å²) in [6.07, 6.45) is 5.46. The van der Waals surface area contributed by atoms with E-state index in [9.17, 15) is 4.79 Å². The topological polar surface area (TPSA) is 43.6 Å². The molecule has 0 aliphatic carbocycles. The number of rotatable bonds is 3. The number of nitrogens with zero attached hydrogens (tertiary/aromatic N) is 2. The van der Waals surface area contributed by atoms with Crippen LogP contribution in [0.1, 0.15) is 27.7 Å². The van der Waals surface area contributed by atoms with Crippen LogP contribution in [-0.2, 0) is 11.3 Å². The summed E-state index contributed by atoms with van der Waals surface area (Å²) in [5, 5.41) is 0. The fraction of sp³-hybridized carbons (Fsp3) is 0.412. The summed E-state index contributed by atoms with van der Waals surface area (Å²) in [4.78, 5) is 17.1. The van der Waals surface area contributed by atoms with Gasteiger partial charge < -0.3 is 9.30 Å². The Morgan fingerprint density at radius 3 is 2.77 bits per heavy atom. The molecule has 2 rings (SSSR count). The van der Waals surface area contributed by atoms with Crippen LogP contribution < -0.4 is 9.54 Å². The van der Waals surface area contributed by atoms with Gasteiger partial charge in [-0.2, -0.15) is 4.99 Å². The van der Waals surface area contributed by atoms with Gasteiger partial charge in [-0.3, -0.25) is 4.79 Å². The highest BCUT2D eigenvalue weighted by Crippen LogP contribution is 2.24. The first-order valence-corrected chi connectivity index (χ1v) is 7.97. The molecule has 0 saturated carbocycles. The SMILES string of the molecule is C#CCn1c(=NC(=O)C(C)(C)C)sc2cc(OCC)ccc21. The standard InChI is InChI=1S/C17H20N2O2S/c1-6-10-19-13-9-8-12(21-7-2)11-14(13)22-16(19)18-15(20)17(3,4)5/h1,8-9,11H,7,10H2,2-5H3. The molecule has 0 aliphatic heterocycles. The molecule has 2 aromatic rings. The van der Waals surface area contributed by atoms with Gasteiger partial charge in [0.2, 0.25) is 0 Å². The predicted octanol–water partition coefficient (Wildman–Crippen LogP) is 3.21. The van der Waals surface area contributed by atoms with Gasteiger partial charge in [-0.15, -0.1) is 6.42 Å². The highest BCUT2D eigenvalue weighted by molar-refractivity contribution is 7.16. The number of hydrogen-bond acceptors (Lipinski definition) is 3. The van der Waals surface area contributed by atoms with Crippen molar-refractivity contribution < 1.29 is 9.53 Å². The van der Waals surface area contributed by atoms with Gasteiger partial charge in [-0.05, 0) is 25.1 Å². The lowest BCUT2D eigenvalue weighted by Crippen LogP contribution is -2.23. The van der Waals surface area contributed by atoms with Crippen molar-refractivity contribution >= 4 is 27.5 Å². The van der Waals surface area contributed by atoms with Crippen LogP contribution in [0.3, 0.4) is 0 Å². The lowest BCUT2D eigenvalue weighted by Gasteiger charge is -2.11. The van der Waals surface area contributed by atoms with Crippen molar-refractivity contribution in [3.63, 3.8) is 0 Å². The summed E-state index contributed by atoms with van der Waals surface area (Å²) >= 11 is 1.45. The summed E-state index contributed by atoms with van der Waals surface area (Å²) in [5.74, 6) is 3.27. The second kappa shape index (κ2) is 6.37. The molecule has 0 atom stereocenters. The molecule has 0 N–H and O–H groups in total. The van der Waals surface area contributed by atoms with Gasteiger partial charge in [0.1, 0.15) is 5.75 Å². The second-order valence-corrected chi connectivity index (χ2v) is 6.91. The fourth-order valence-electron chi connectivity index (χ4n) is 1.89. The maximum absolute atomic E-state index is 12.2. The number of aromatic nitrogens is 1. The van der Waals surface area contributed by atoms with E-state index in [0.29, 0.717) is 18.0 Å². The molecular formula is C17H20N2O2S. The molecule has 1 heterocycles. The first-order valence-electron chi connectivity index (χ1n) is 7.15. The molecule has 0 bridgehead atoms. The molecule has 0 aliphatic rings. The van der Waals surface area contributed by atoms with Crippen molar-refractivity contribution in [2.75, 3.05) is 6.61 Å². The minimum Gasteiger partial charge on any atom is -0.494 e. The highest BCUT2D eigenvalue weighted by atomic mass is 32.1. The number of hydrogen-bond donors (Lipinski definition) is 0. The van der Waals surface area contributed by atoms with Gasteiger partial charge in [0.25, 0.3) is 5.91 Å². The van der Waals surface area contributed by atoms with Crippen LogP contribution in [0.2, 0.25) is 0 Å². The van der Waals surface area contributed by atoms with Gasteiger partial charge in [0.15, 0.2) is 4.80 Å². The summed E-state index contributed by atoms with van der Waals surface area (Å²) < 4.78 is 8.41.